The molecule has 2 aliphatic heterocycles. The normalized spacial score (nSPS) is 19.3. The minimum Gasteiger partial charge on any atom is -0.457 e. The molecule has 0 spiro atoms. The Bertz CT molecular complexity index is 917. The van der Waals surface area contributed by atoms with Gasteiger partial charge in [0.05, 0.1) is 28.2 Å². The number of hydrogen-bond acceptors (Lipinski definition) is 5. The number of thioether (sulfide) groups is 1. The molecule has 2 aromatic rings. The zero-order valence-electron chi connectivity index (χ0n) is 13.6. The molecule has 0 bridgehead atoms. The molecule has 2 aliphatic rings. The van der Waals surface area contributed by atoms with Crippen LogP contribution in [0.5, 0.6) is 0 Å². The lowest BCUT2D eigenvalue weighted by atomic mass is 10.2. The quantitative estimate of drug-likeness (QED) is 0.681. The Morgan fingerprint density at radius 1 is 1.12 bits per heavy atom. The molecule has 1 aromatic heterocycles. The molecule has 1 saturated heterocycles. The second-order valence-electron chi connectivity index (χ2n) is 5.74. The fourth-order valence-electron chi connectivity index (χ4n) is 2.65. The smallest absolute Gasteiger partial charge is 0.286 e. The van der Waals surface area contributed by atoms with Crippen LogP contribution in [-0.2, 0) is 9.53 Å². The highest BCUT2D eigenvalue weighted by atomic mass is 35.5. The Morgan fingerprint density at radius 2 is 1.92 bits per heavy atom. The van der Waals surface area contributed by atoms with E-state index in [1.54, 1.807) is 18.2 Å². The molecule has 0 radical (unpaired) electrons. The number of benzene rings is 1. The van der Waals surface area contributed by atoms with Crippen LogP contribution in [0.25, 0.3) is 17.4 Å². The molecule has 3 heterocycles. The standard InChI is InChI=1S/C18H14Cl2N2O3S/c19-13-3-1-11(9-14(13)20)15-4-2-12(25-15)10-16-17(23)21-18(26-16)22-5-7-24-8-6-22/h1-4,9-10H,5-8H2/b16-10+. The maximum absolute atomic E-state index is 12.2. The number of morpholine rings is 1. The van der Waals surface area contributed by atoms with E-state index in [9.17, 15) is 4.79 Å². The van der Waals surface area contributed by atoms with E-state index in [0.29, 0.717) is 39.7 Å². The summed E-state index contributed by atoms with van der Waals surface area (Å²) in [4.78, 5) is 18.9. The highest BCUT2D eigenvalue weighted by Crippen LogP contribution is 2.33. The van der Waals surface area contributed by atoms with Crippen molar-refractivity contribution in [2.24, 2.45) is 4.99 Å². The number of aliphatic imine (C=N–C) groups is 1. The third-order valence-corrected chi connectivity index (χ3v) is 5.78. The average Bonchev–Trinajstić information content (AvgIpc) is 3.26. The van der Waals surface area contributed by atoms with Crippen LogP contribution in [-0.4, -0.2) is 42.3 Å². The van der Waals surface area contributed by atoms with Crippen molar-refractivity contribution in [3.05, 3.63) is 51.0 Å². The lowest BCUT2D eigenvalue weighted by Crippen LogP contribution is -2.38. The van der Waals surface area contributed by atoms with E-state index in [1.165, 1.54) is 11.8 Å². The van der Waals surface area contributed by atoms with Gasteiger partial charge in [-0.15, -0.1) is 0 Å². The van der Waals surface area contributed by atoms with E-state index >= 15 is 0 Å². The second-order valence-corrected chi connectivity index (χ2v) is 7.56. The average molecular weight is 409 g/mol. The van der Waals surface area contributed by atoms with Crippen LogP contribution in [0, 0.1) is 0 Å². The summed E-state index contributed by atoms with van der Waals surface area (Å²) in [5.74, 6) is 0.990. The van der Waals surface area contributed by atoms with Crippen molar-refractivity contribution in [3.8, 4) is 11.3 Å². The molecule has 134 valence electrons. The highest BCUT2D eigenvalue weighted by molar-refractivity contribution is 8.18. The van der Waals surface area contributed by atoms with E-state index in [1.807, 2.05) is 18.2 Å². The summed E-state index contributed by atoms with van der Waals surface area (Å²) in [6.45, 7) is 2.79. The summed E-state index contributed by atoms with van der Waals surface area (Å²) in [6, 6.07) is 8.94. The Kier molecular flexibility index (Phi) is 5.09. The first-order chi connectivity index (χ1) is 12.6. The van der Waals surface area contributed by atoms with Crippen molar-refractivity contribution >= 4 is 52.1 Å². The lowest BCUT2D eigenvalue weighted by Gasteiger charge is -2.27. The van der Waals surface area contributed by atoms with E-state index in [0.717, 1.165) is 23.8 Å². The SMILES string of the molecule is O=C1N=C(N2CCOCC2)S/C1=C/c1ccc(-c2ccc(Cl)c(Cl)c2)o1. The molecular formula is C18H14Cl2N2O3S. The predicted octanol–water partition coefficient (Wildman–Crippen LogP) is 4.56. The van der Waals surface area contributed by atoms with Gasteiger partial charge in [0.15, 0.2) is 5.17 Å². The zero-order valence-corrected chi connectivity index (χ0v) is 15.9. The van der Waals surface area contributed by atoms with Crippen LogP contribution >= 0.6 is 35.0 Å². The summed E-state index contributed by atoms with van der Waals surface area (Å²) in [5.41, 5.74) is 0.819. The van der Waals surface area contributed by atoms with Crippen molar-refractivity contribution in [1.82, 2.24) is 4.90 Å². The van der Waals surface area contributed by atoms with Gasteiger partial charge >= 0.3 is 0 Å². The Morgan fingerprint density at radius 3 is 2.69 bits per heavy atom. The molecule has 1 aromatic carbocycles. The van der Waals surface area contributed by atoms with Crippen LogP contribution in [0.4, 0.5) is 0 Å². The minimum atomic E-state index is -0.246. The third kappa shape index (κ3) is 3.69. The maximum atomic E-state index is 12.2. The first-order valence-electron chi connectivity index (χ1n) is 8.01. The monoisotopic (exact) mass is 408 g/mol. The zero-order chi connectivity index (χ0) is 18.1. The molecule has 4 rings (SSSR count). The lowest BCUT2D eigenvalue weighted by molar-refractivity contribution is -0.113. The molecule has 26 heavy (non-hydrogen) atoms. The fourth-order valence-corrected chi connectivity index (χ4v) is 3.90. The number of carbonyl (C=O) groups is 1. The van der Waals surface area contributed by atoms with Crippen molar-refractivity contribution in [2.75, 3.05) is 26.3 Å². The molecule has 1 amide bonds. The fraction of sp³-hybridized carbons (Fsp3) is 0.222. The van der Waals surface area contributed by atoms with Gasteiger partial charge in [0, 0.05) is 24.7 Å². The molecule has 8 heteroatoms. The molecule has 0 saturated carbocycles. The van der Waals surface area contributed by atoms with Crippen molar-refractivity contribution in [2.45, 2.75) is 0 Å². The number of ether oxygens (including phenoxy) is 1. The largest absolute Gasteiger partial charge is 0.457 e. The molecule has 0 unspecified atom stereocenters. The first-order valence-corrected chi connectivity index (χ1v) is 9.58. The topological polar surface area (TPSA) is 55.0 Å². The number of furan rings is 1. The molecule has 0 N–H and O–H groups in total. The number of halogens is 2. The van der Waals surface area contributed by atoms with Gasteiger partial charge in [-0.3, -0.25) is 4.79 Å². The summed E-state index contributed by atoms with van der Waals surface area (Å²) < 4.78 is 11.2. The van der Waals surface area contributed by atoms with Crippen molar-refractivity contribution < 1.29 is 13.9 Å². The van der Waals surface area contributed by atoms with Crippen LogP contribution in [0.15, 0.2) is 44.6 Å². The van der Waals surface area contributed by atoms with E-state index in [-0.39, 0.29) is 5.91 Å². The van der Waals surface area contributed by atoms with Gasteiger partial charge in [-0.1, -0.05) is 23.2 Å². The van der Waals surface area contributed by atoms with Crippen LogP contribution < -0.4 is 0 Å². The highest BCUT2D eigenvalue weighted by Gasteiger charge is 2.27. The molecule has 0 aliphatic carbocycles. The molecular weight excluding hydrogens is 395 g/mol. The summed E-state index contributed by atoms with van der Waals surface area (Å²) >= 11 is 13.4. The van der Waals surface area contributed by atoms with E-state index in [2.05, 4.69) is 9.89 Å². The van der Waals surface area contributed by atoms with E-state index in [4.69, 9.17) is 32.4 Å². The van der Waals surface area contributed by atoms with Crippen molar-refractivity contribution in [3.63, 3.8) is 0 Å². The summed E-state index contributed by atoms with van der Waals surface area (Å²) in [7, 11) is 0. The molecule has 1 fully saturated rings. The Balaban J connectivity index is 1.51. The third-order valence-electron chi connectivity index (χ3n) is 4.00. The van der Waals surface area contributed by atoms with Gasteiger partial charge in [0.1, 0.15) is 11.5 Å². The Labute approximate surface area is 164 Å². The maximum Gasteiger partial charge on any atom is 0.286 e. The van der Waals surface area contributed by atoms with Crippen LogP contribution in [0.3, 0.4) is 0 Å². The first kappa shape index (κ1) is 17.7. The summed E-state index contributed by atoms with van der Waals surface area (Å²) in [6.07, 6.45) is 1.71. The summed E-state index contributed by atoms with van der Waals surface area (Å²) in [5, 5.41) is 1.68. The number of amidine groups is 1. The number of nitrogens with zero attached hydrogens (tertiary/aromatic N) is 2. The van der Waals surface area contributed by atoms with Gasteiger partial charge in [-0.2, -0.15) is 4.99 Å². The number of amides is 1. The van der Waals surface area contributed by atoms with Gasteiger partial charge in [0.25, 0.3) is 5.91 Å². The number of carbonyl (C=O) groups excluding carboxylic acids is 1. The van der Waals surface area contributed by atoms with Gasteiger partial charge < -0.3 is 14.1 Å². The van der Waals surface area contributed by atoms with Crippen molar-refractivity contribution in [1.29, 1.82) is 0 Å². The van der Waals surface area contributed by atoms with Gasteiger partial charge in [-0.05, 0) is 42.1 Å². The van der Waals surface area contributed by atoms with Gasteiger partial charge in [0.2, 0.25) is 0 Å². The Hall–Kier alpha value is -1.73. The molecule has 5 nitrogen and oxygen atoms in total. The van der Waals surface area contributed by atoms with Crippen LogP contribution in [0.2, 0.25) is 10.0 Å². The minimum absolute atomic E-state index is 0.246. The number of rotatable bonds is 2. The van der Waals surface area contributed by atoms with E-state index < -0.39 is 0 Å². The molecule has 0 atom stereocenters. The van der Waals surface area contributed by atoms with Crippen LogP contribution in [0.1, 0.15) is 5.76 Å². The second kappa shape index (κ2) is 7.48. The number of hydrogen-bond donors (Lipinski definition) is 0. The predicted molar refractivity (Wildman–Crippen MR) is 105 cm³/mol. The van der Waals surface area contributed by atoms with Gasteiger partial charge in [-0.25, -0.2) is 0 Å².